The molecule has 1 fully saturated rings. The number of hydrogen-bond acceptors (Lipinski definition) is 4. The molecule has 2 atom stereocenters. The van der Waals surface area contributed by atoms with Crippen LogP contribution in [0.25, 0.3) is 0 Å². The molecule has 0 aliphatic carbocycles. The van der Waals surface area contributed by atoms with Gasteiger partial charge in [0.25, 0.3) is 5.91 Å². The maximum absolute atomic E-state index is 13.1. The fourth-order valence-electron chi connectivity index (χ4n) is 2.58. The lowest BCUT2D eigenvalue weighted by Crippen LogP contribution is -2.44. The Morgan fingerprint density at radius 1 is 1.43 bits per heavy atom. The first-order valence-corrected chi connectivity index (χ1v) is 7.02. The predicted octanol–water partition coefficient (Wildman–Crippen LogP) is 1.45. The molecule has 1 amide bonds. The van der Waals surface area contributed by atoms with E-state index in [2.05, 4.69) is 5.32 Å². The van der Waals surface area contributed by atoms with E-state index < -0.39 is 11.9 Å². The summed E-state index contributed by atoms with van der Waals surface area (Å²) in [7, 11) is 0. The van der Waals surface area contributed by atoms with Crippen LogP contribution in [0.4, 0.5) is 4.39 Å². The van der Waals surface area contributed by atoms with Gasteiger partial charge < -0.3 is 14.8 Å². The number of halogens is 1. The summed E-state index contributed by atoms with van der Waals surface area (Å²) in [6.07, 6.45) is 1.02. The van der Waals surface area contributed by atoms with Crippen molar-refractivity contribution in [3.05, 3.63) is 29.6 Å². The van der Waals surface area contributed by atoms with Crippen molar-refractivity contribution in [3.8, 4) is 5.75 Å². The molecule has 1 saturated heterocycles. The number of nitrogens with one attached hydrogen (secondary N) is 1. The van der Waals surface area contributed by atoms with E-state index in [1.807, 2.05) is 0 Å². The number of amides is 1. The highest BCUT2D eigenvalue weighted by Crippen LogP contribution is 2.28. The molecule has 5 nitrogen and oxygen atoms in total. The van der Waals surface area contributed by atoms with Gasteiger partial charge in [-0.15, -0.1) is 0 Å². The number of ether oxygens (including phenoxy) is 2. The number of carbonyl (C=O) groups excluding carboxylic acids is 2. The van der Waals surface area contributed by atoms with Crippen molar-refractivity contribution in [1.29, 1.82) is 0 Å². The Kier molecular flexibility index (Phi) is 3.88. The van der Waals surface area contributed by atoms with Crippen molar-refractivity contribution >= 4 is 11.7 Å². The third-order valence-corrected chi connectivity index (χ3v) is 3.70. The average molecular weight is 293 g/mol. The molecule has 0 spiro atoms. The SMILES string of the molecule is O=C1C[C@@H](C(=O)NC[C@@H]2CCCO2)Oc2ccc(F)cc21. The summed E-state index contributed by atoms with van der Waals surface area (Å²) in [5, 5.41) is 2.74. The summed E-state index contributed by atoms with van der Waals surface area (Å²) >= 11 is 0. The molecule has 112 valence electrons. The molecular weight excluding hydrogens is 277 g/mol. The first-order valence-electron chi connectivity index (χ1n) is 7.02. The van der Waals surface area contributed by atoms with E-state index in [1.165, 1.54) is 12.1 Å². The Labute approximate surface area is 121 Å². The molecule has 0 aromatic heterocycles. The fourth-order valence-corrected chi connectivity index (χ4v) is 2.58. The summed E-state index contributed by atoms with van der Waals surface area (Å²) < 4.78 is 24.0. The number of benzene rings is 1. The summed E-state index contributed by atoms with van der Waals surface area (Å²) in [5.41, 5.74) is 0.193. The Morgan fingerprint density at radius 2 is 2.29 bits per heavy atom. The minimum Gasteiger partial charge on any atom is -0.479 e. The molecule has 1 aromatic rings. The van der Waals surface area contributed by atoms with Crippen molar-refractivity contribution in [2.24, 2.45) is 0 Å². The second-order valence-electron chi connectivity index (χ2n) is 5.25. The third-order valence-electron chi connectivity index (χ3n) is 3.70. The zero-order chi connectivity index (χ0) is 14.8. The Bertz CT molecular complexity index is 569. The minimum absolute atomic E-state index is 0.0367. The number of ketones is 1. The highest BCUT2D eigenvalue weighted by Gasteiger charge is 2.32. The van der Waals surface area contributed by atoms with E-state index in [1.54, 1.807) is 0 Å². The van der Waals surface area contributed by atoms with E-state index in [0.29, 0.717) is 6.54 Å². The van der Waals surface area contributed by atoms with Gasteiger partial charge in [0.1, 0.15) is 11.6 Å². The Hall–Kier alpha value is -1.95. The number of fused-ring (bicyclic) bond motifs is 1. The normalized spacial score (nSPS) is 24.3. The molecule has 2 aliphatic heterocycles. The van der Waals surface area contributed by atoms with Crippen molar-refractivity contribution in [3.63, 3.8) is 0 Å². The molecule has 1 N–H and O–H groups in total. The van der Waals surface area contributed by atoms with E-state index in [4.69, 9.17) is 9.47 Å². The third kappa shape index (κ3) is 3.05. The second-order valence-corrected chi connectivity index (χ2v) is 5.25. The first kappa shape index (κ1) is 14.0. The maximum atomic E-state index is 13.1. The molecule has 6 heteroatoms. The summed E-state index contributed by atoms with van der Waals surface area (Å²) in [5.74, 6) is -0.862. The molecule has 2 aliphatic rings. The number of rotatable bonds is 3. The van der Waals surface area contributed by atoms with Crippen LogP contribution in [0, 0.1) is 5.82 Å². The molecule has 0 unspecified atom stereocenters. The smallest absolute Gasteiger partial charge is 0.261 e. The van der Waals surface area contributed by atoms with Gasteiger partial charge in [-0.3, -0.25) is 9.59 Å². The Balaban J connectivity index is 1.63. The molecule has 2 heterocycles. The Morgan fingerprint density at radius 3 is 3.05 bits per heavy atom. The monoisotopic (exact) mass is 293 g/mol. The van der Waals surface area contributed by atoms with Crippen LogP contribution in [-0.4, -0.2) is 37.0 Å². The quantitative estimate of drug-likeness (QED) is 0.916. The maximum Gasteiger partial charge on any atom is 0.261 e. The molecule has 21 heavy (non-hydrogen) atoms. The second kappa shape index (κ2) is 5.81. The summed E-state index contributed by atoms with van der Waals surface area (Å²) in [6.45, 7) is 1.14. The van der Waals surface area contributed by atoms with Gasteiger partial charge in [-0.1, -0.05) is 0 Å². The summed E-state index contributed by atoms with van der Waals surface area (Å²) in [4.78, 5) is 24.0. The van der Waals surface area contributed by atoms with Crippen LogP contribution in [0.1, 0.15) is 29.6 Å². The van der Waals surface area contributed by atoms with Crippen LogP contribution >= 0.6 is 0 Å². The average Bonchev–Trinajstić information content (AvgIpc) is 2.98. The zero-order valence-electron chi connectivity index (χ0n) is 11.4. The highest BCUT2D eigenvalue weighted by atomic mass is 19.1. The molecule has 3 rings (SSSR count). The lowest BCUT2D eigenvalue weighted by atomic mass is 10.00. The van der Waals surface area contributed by atoms with E-state index in [-0.39, 0.29) is 35.5 Å². The van der Waals surface area contributed by atoms with Crippen LogP contribution in [0.15, 0.2) is 18.2 Å². The fraction of sp³-hybridized carbons (Fsp3) is 0.467. The lowest BCUT2D eigenvalue weighted by molar-refractivity contribution is -0.128. The van der Waals surface area contributed by atoms with Crippen LogP contribution in [0.5, 0.6) is 5.75 Å². The standard InChI is InChI=1S/C15H16FNO4/c16-9-3-4-13-11(6-9)12(18)7-14(21-13)15(19)17-8-10-2-1-5-20-10/h3-4,6,10,14H,1-2,5,7-8H2,(H,17,19)/t10-,14-/m0/s1. The van der Waals surface area contributed by atoms with Gasteiger partial charge in [0.15, 0.2) is 11.9 Å². The highest BCUT2D eigenvalue weighted by molar-refractivity contribution is 6.03. The lowest BCUT2D eigenvalue weighted by Gasteiger charge is -2.24. The zero-order valence-corrected chi connectivity index (χ0v) is 11.4. The van der Waals surface area contributed by atoms with E-state index in [9.17, 15) is 14.0 Å². The van der Waals surface area contributed by atoms with Gasteiger partial charge >= 0.3 is 0 Å². The molecule has 0 saturated carbocycles. The van der Waals surface area contributed by atoms with Crippen LogP contribution < -0.4 is 10.1 Å². The predicted molar refractivity (Wildman–Crippen MR) is 71.7 cm³/mol. The van der Waals surface area contributed by atoms with Crippen molar-refractivity contribution in [2.45, 2.75) is 31.5 Å². The van der Waals surface area contributed by atoms with Gasteiger partial charge in [-0.25, -0.2) is 4.39 Å². The summed E-state index contributed by atoms with van der Waals surface area (Å²) in [6, 6.07) is 3.72. The molecule has 0 bridgehead atoms. The number of Topliss-reactive ketones (excluding diaryl/α,β-unsaturated/α-hetero) is 1. The molecular formula is C15H16FNO4. The number of hydrogen-bond donors (Lipinski definition) is 1. The van der Waals surface area contributed by atoms with E-state index in [0.717, 1.165) is 25.5 Å². The molecule has 1 aromatic carbocycles. The van der Waals surface area contributed by atoms with Crippen molar-refractivity contribution in [1.82, 2.24) is 5.32 Å². The van der Waals surface area contributed by atoms with Gasteiger partial charge in [0.2, 0.25) is 0 Å². The number of carbonyl (C=O) groups is 2. The minimum atomic E-state index is -0.864. The first-order chi connectivity index (χ1) is 10.1. The molecule has 0 radical (unpaired) electrons. The van der Waals surface area contributed by atoms with Crippen LogP contribution in [0.3, 0.4) is 0 Å². The van der Waals surface area contributed by atoms with Crippen molar-refractivity contribution < 1.29 is 23.5 Å². The van der Waals surface area contributed by atoms with E-state index >= 15 is 0 Å². The largest absolute Gasteiger partial charge is 0.479 e. The van der Waals surface area contributed by atoms with Crippen LogP contribution in [0.2, 0.25) is 0 Å². The van der Waals surface area contributed by atoms with Gasteiger partial charge in [0.05, 0.1) is 18.1 Å². The van der Waals surface area contributed by atoms with Gasteiger partial charge in [-0.2, -0.15) is 0 Å². The van der Waals surface area contributed by atoms with Crippen molar-refractivity contribution in [2.75, 3.05) is 13.2 Å². The topological polar surface area (TPSA) is 64.6 Å². The van der Waals surface area contributed by atoms with Gasteiger partial charge in [-0.05, 0) is 31.0 Å². The van der Waals surface area contributed by atoms with Crippen LogP contribution in [-0.2, 0) is 9.53 Å². The van der Waals surface area contributed by atoms with Gasteiger partial charge in [0, 0.05) is 13.2 Å².